The third kappa shape index (κ3) is 4.82. The number of rotatable bonds is 8. The molecule has 156 valence electrons. The molecule has 0 aliphatic carbocycles. The topological polar surface area (TPSA) is 68.2 Å². The highest BCUT2D eigenvalue weighted by Gasteiger charge is 2.31. The molecule has 1 atom stereocenters. The number of carboxylic acid groups (broad SMARTS) is 1. The van der Waals surface area contributed by atoms with Crippen LogP contribution in [-0.2, 0) is 4.79 Å². The summed E-state index contributed by atoms with van der Waals surface area (Å²) in [6.45, 7) is 4.01. The normalized spacial score (nSPS) is 16.2. The number of piperidine rings is 1. The van der Waals surface area contributed by atoms with E-state index in [0.717, 1.165) is 28.4 Å². The van der Waals surface area contributed by atoms with E-state index in [-0.39, 0.29) is 12.0 Å². The Hall–Kier alpha value is -2.73. The van der Waals surface area contributed by atoms with Gasteiger partial charge in [0.05, 0.1) is 32.8 Å². The molecule has 2 aromatic rings. The quantitative estimate of drug-likeness (QED) is 0.724. The fourth-order valence-corrected chi connectivity index (χ4v) is 3.95. The monoisotopic (exact) mass is 399 g/mol. The number of hydrogen-bond acceptors (Lipinski definition) is 5. The maximum absolute atomic E-state index is 11.4. The number of aliphatic carboxylic acids is 1. The van der Waals surface area contributed by atoms with Crippen molar-refractivity contribution in [3.05, 3.63) is 53.6 Å². The largest absolute Gasteiger partial charge is 0.497 e. The van der Waals surface area contributed by atoms with Crippen LogP contribution < -0.4 is 14.2 Å². The van der Waals surface area contributed by atoms with Crippen LogP contribution in [0, 0.1) is 5.92 Å². The summed E-state index contributed by atoms with van der Waals surface area (Å²) in [5.74, 6) is 1.35. The molecular weight excluding hydrogens is 370 g/mol. The summed E-state index contributed by atoms with van der Waals surface area (Å²) in [6, 6.07) is 13.9. The maximum atomic E-state index is 11.4. The summed E-state index contributed by atoms with van der Waals surface area (Å²) >= 11 is 0. The van der Waals surface area contributed by atoms with Gasteiger partial charge in [0.15, 0.2) is 0 Å². The first-order valence-corrected chi connectivity index (χ1v) is 9.98. The maximum Gasteiger partial charge on any atom is 0.306 e. The molecule has 6 heteroatoms. The van der Waals surface area contributed by atoms with Crippen LogP contribution in [0.5, 0.6) is 17.2 Å². The molecule has 1 unspecified atom stereocenters. The molecule has 0 bridgehead atoms. The third-order valence-electron chi connectivity index (χ3n) is 5.49. The zero-order valence-electron chi connectivity index (χ0n) is 17.3. The molecule has 0 radical (unpaired) electrons. The van der Waals surface area contributed by atoms with Crippen LogP contribution in [0.4, 0.5) is 0 Å². The van der Waals surface area contributed by atoms with E-state index in [2.05, 4.69) is 17.0 Å². The molecule has 6 nitrogen and oxygen atoms in total. The van der Waals surface area contributed by atoms with Crippen molar-refractivity contribution in [3.8, 4) is 17.2 Å². The molecule has 1 fully saturated rings. The van der Waals surface area contributed by atoms with E-state index < -0.39 is 5.97 Å². The predicted molar refractivity (Wildman–Crippen MR) is 111 cm³/mol. The smallest absolute Gasteiger partial charge is 0.306 e. The lowest BCUT2D eigenvalue weighted by Gasteiger charge is -2.37. The van der Waals surface area contributed by atoms with Gasteiger partial charge >= 0.3 is 5.97 Å². The average molecular weight is 399 g/mol. The summed E-state index contributed by atoms with van der Waals surface area (Å²) in [5.41, 5.74) is 2.15. The number of ether oxygens (including phenoxy) is 3. The lowest BCUT2D eigenvalue weighted by molar-refractivity contribution is -0.143. The standard InChI is InChI=1S/C23H29NO5/c1-4-29-18-7-5-16(6-8-18)22(24-13-11-17(12-14-24)23(25)26)20-10-9-19(27-2)15-21(20)28-3/h5-10,15,17,22H,4,11-14H2,1-3H3,(H,25,26). The number of carbonyl (C=O) groups is 1. The van der Waals surface area contributed by atoms with Crippen LogP contribution in [0.15, 0.2) is 42.5 Å². The SMILES string of the molecule is CCOc1ccc(C(c2ccc(OC)cc2OC)N2CCC(C(=O)O)CC2)cc1. The second kappa shape index (κ2) is 9.65. The molecule has 2 aromatic carbocycles. The fourth-order valence-electron chi connectivity index (χ4n) is 3.95. The Kier molecular flexibility index (Phi) is 6.99. The summed E-state index contributed by atoms with van der Waals surface area (Å²) < 4.78 is 16.6. The van der Waals surface area contributed by atoms with E-state index in [1.165, 1.54) is 0 Å². The van der Waals surface area contributed by atoms with Gasteiger partial charge in [-0.3, -0.25) is 9.69 Å². The van der Waals surface area contributed by atoms with Crippen LogP contribution in [0.1, 0.15) is 36.9 Å². The number of methoxy groups -OCH3 is 2. The second-order valence-electron chi connectivity index (χ2n) is 7.16. The molecule has 1 heterocycles. The van der Waals surface area contributed by atoms with E-state index in [9.17, 15) is 9.90 Å². The van der Waals surface area contributed by atoms with Crippen molar-refractivity contribution in [2.75, 3.05) is 33.9 Å². The van der Waals surface area contributed by atoms with Gasteiger partial charge < -0.3 is 19.3 Å². The first-order valence-electron chi connectivity index (χ1n) is 9.98. The summed E-state index contributed by atoms with van der Waals surface area (Å²) in [4.78, 5) is 13.7. The van der Waals surface area contributed by atoms with Crippen molar-refractivity contribution in [3.63, 3.8) is 0 Å². The number of hydrogen-bond donors (Lipinski definition) is 1. The van der Waals surface area contributed by atoms with Gasteiger partial charge in [-0.1, -0.05) is 12.1 Å². The van der Waals surface area contributed by atoms with Gasteiger partial charge in [-0.05, 0) is 62.7 Å². The van der Waals surface area contributed by atoms with Crippen LogP contribution in [0.25, 0.3) is 0 Å². The highest BCUT2D eigenvalue weighted by Crippen LogP contribution is 2.39. The molecule has 29 heavy (non-hydrogen) atoms. The molecular formula is C23H29NO5. The number of nitrogens with zero attached hydrogens (tertiary/aromatic N) is 1. The second-order valence-corrected chi connectivity index (χ2v) is 7.16. The molecule has 0 saturated carbocycles. The number of likely N-dealkylation sites (tertiary alicyclic amines) is 1. The molecule has 1 aliphatic rings. The Balaban J connectivity index is 1.97. The number of benzene rings is 2. The van der Waals surface area contributed by atoms with Crippen molar-refractivity contribution in [2.24, 2.45) is 5.92 Å². The van der Waals surface area contributed by atoms with Crippen molar-refractivity contribution in [1.82, 2.24) is 4.90 Å². The molecule has 1 N–H and O–H groups in total. The van der Waals surface area contributed by atoms with E-state index in [4.69, 9.17) is 14.2 Å². The predicted octanol–water partition coefficient (Wildman–Crippen LogP) is 3.99. The highest BCUT2D eigenvalue weighted by molar-refractivity contribution is 5.70. The molecule has 0 amide bonds. The van der Waals surface area contributed by atoms with Crippen molar-refractivity contribution in [2.45, 2.75) is 25.8 Å². The van der Waals surface area contributed by atoms with Crippen LogP contribution in [-0.4, -0.2) is 49.9 Å². The fraction of sp³-hybridized carbons (Fsp3) is 0.435. The van der Waals surface area contributed by atoms with Crippen molar-refractivity contribution in [1.29, 1.82) is 0 Å². The zero-order valence-corrected chi connectivity index (χ0v) is 17.3. The lowest BCUT2D eigenvalue weighted by Crippen LogP contribution is -2.39. The molecule has 1 aliphatic heterocycles. The van der Waals surface area contributed by atoms with Crippen LogP contribution in [0.2, 0.25) is 0 Å². The minimum Gasteiger partial charge on any atom is -0.497 e. The van der Waals surface area contributed by atoms with Gasteiger partial charge in [0.2, 0.25) is 0 Å². The van der Waals surface area contributed by atoms with Crippen LogP contribution >= 0.6 is 0 Å². The zero-order chi connectivity index (χ0) is 20.8. The van der Waals surface area contributed by atoms with Gasteiger partial charge in [-0.2, -0.15) is 0 Å². The van der Waals surface area contributed by atoms with Gasteiger partial charge in [0, 0.05) is 11.6 Å². The van der Waals surface area contributed by atoms with Gasteiger partial charge in [-0.25, -0.2) is 0 Å². The molecule has 0 aromatic heterocycles. The van der Waals surface area contributed by atoms with E-state index in [1.807, 2.05) is 37.3 Å². The minimum atomic E-state index is -0.704. The number of carboxylic acids is 1. The van der Waals surface area contributed by atoms with Gasteiger partial charge in [0.1, 0.15) is 17.2 Å². The van der Waals surface area contributed by atoms with Gasteiger partial charge in [0.25, 0.3) is 0 Å². The van der Waals surface area contributed by atoms with E-state index >= 15 is 0 Å². The van der Waals surface area contributed by atoms with E-state index in [0.29, 0.717) is 32.5 Å². The molecule has 1 saturated heterocycles. The molecule has 0 spiro atoms. The first-order chi connectivity index (χ1) is 14.1. The Morgan fingerprint density at radius 1 is 1.07 bits per heavy atom. The Labute approximate surface area is 172 Å². The van der Waals surface area contributed by atoms with Crippen LogP contribution in [0.3, 0.4) is 0 Å². The summed E-state index contributed by atoms with van der Waals surface area (Å²) in [7, 11) is 3.29. The average Bonchev–Trinajstić information content (AvgIpc) is 2.76. The van der Waals surface area contributed by atoms with Crippen molar-refractivity contribution < 1.29 is 24.1 Å². The van der Waals surface area contributed by atoms with Crippen molar-refractivity contribution >= 4 is 5.97 Å². The third-order valence-corrected chi connectivity index (χ3v) is 5.49. The highest BCUT2D eigenvalue weighted by atomic mass is 16.5. The minimum absolute atomic E-state index is 0.0405. The van der Waals surface area contributed by atoms with Gasteiger partial charge in [-0.15, -0.1) is 0 Å². The first kappa shape index (κ1) is 21.0. The Morgan fingerprint density at radius 2 is 1.72 bits per heavy atom. The van der Waals surface area contributed by atoms with E-state index in [1.54, 1.807) is 14.2 Å². The summed E-state index contributed by atoms with van der Waals surface area (Å²) in [6.07, 6.45) is 1.28. The lowest BCUT2D eigenvalue weighted by atomic mass is 9.91. The molecule has 3 rings (SSSR count). The summed E-state index contributed by atoms with van der Waals surface area (Å²) in [5, 5.41) is 9.35. The Bertz CT molecular complexity index is 813. The Morgan fingerprint density at radius 3 is 2.28 bits per heavy atom.